The van der Waals surface area contributed by atoms with Gasteiger partial charge in [0.1, 0.15) is 11.5 Å². The van der Waals surface area contributed by atoms with Gasteiger partial charge in [-0.05, 0) is 52.3 Å². The molecule has 0 saturated heterocycles. The molecule has 0 aliphatic carbocycles. The number of hydrogen-bond acceptors (Lipinski definition) is 2. The van der Waals surface area contributed by atoms with Crippen LogP contribution in [0.1, 0.15) is 11.1 Å². The topological polar surface area (TPSA) is 21.6 Å². The van der Waals surface area contributed by atoms with E-state index >= 15 is 0 Å². The van der Waals surface area contributed by atoms with Crippen LogP contribution in [0.3, 0.4) is 0 Å². The van der Waals surface area contributed by atoms with Gasteiger partial charge in [0.05, 0.1) is 18.4 Å². The van der Waals surface area contributed by atoms with E-state index in [0.29, 0.717) is 5.75 Å². The molecule has 0 bridgehead atoms. The summed E-state index contributed by atoms with van der Waals surface area (Å²) in [5.74, 6) is 0.524. The van der Waals surface area contributed by atoms with Gasteiger partial charge in [-0.3, -0.25) is 0 Å². The Morgan fingerprint density at radius 1 is 0.917 bits per heavy atom. The fourth-order valence-electron chi connectivity index (χ4n) is 1.89. The van der Waals surface area contributed by atoms with Crippen LogP contribution in [0.2, 0.25) is 0 Å². The van der Waals surface area contributed by atoms with Crippen LogP contribution in [0.25, 0.3) is 0 Å². The van der Waals surface area contributed by atoms with Gasteiger partial charge in [0.15, 0.2) is 0 Å². The minimum absolute atomic E-state index is 0.124. The van der Waals surface area contributed by atoms with Crippen LogP contribution in [0.5, 0.6) is 5.75 Å². The smallest absolute Gasteiger partial charge is 0.416 e. The summed E-state index contributed by atoms with van der Waals surface area (Å²) < 4.78 is 70.2. The van der Waals surface area contributed by atoms with Crippen molar-refractivity contribution in [2.75, 3.05) is 7.11 Å². The summed E-state index contributed by atoms with van der Waals surface area (Å²) in [6.07, 6.45) is -4.54. The molecule has 0 aliphatic rings. The zero-order chi connectivity index (χ0) is 18.0. The Bertz CT molecular complexity index is 718. The molecule has 0 spiro atoms. The molecule has 2 nitrogen and oxygen atoms in total. The highest BCUT2D eigenvalue weighted by Gasteiger charge is 2.35. The Labute approximate surface area is 143 Å². The second-order valence-corrected chi connectivity index (χ2v) is 5.73. The number of alkyl halides is 6. The van der Waals surface area contributed by atoms with Crippen LogP contribution in [0, 0.1) is 0 Å². The fraction of sp³-hybridized carbons (Fsp3) is 0.188. The van der Waals surface area contributed by atoms with Crippen molar-refractivity contribution in [2.45, 2.75) is 11.0 Å². The van der Waals surface area contributed by atoms with Crippen LogP contribution in [0.15, 0.2) is 53.5 Å². The number of hydrogen-bond donors (Lipinski definition) is 0. The van der Waals surface area contributed by atoms with Crippen molar-refractivity contribution in [3.8, 4) is 5.75 Å². The monoisotopic (exact) mass is 407 g/mol. The Kier molecular flexibility index (Phi) is 5.27. The minimum Gasteiger partial charge on any atom is -0.497 e. The SMILES string of the molecule is COc1ccc(N=C(c2ccc(C(F)(F)F)cc2)C(F)(F)Br)cc1. The molecule has 24 heavy (non-hydrogen) atoms. The molecule has 2 aromatic carbocycles. The highest BCUT2D eigenvalue weighted by Crippen LogP contribution is 2.33. The van der Waals surface area contributed by atoms with Crippen molar-refractivity contribution in [3.05, 3.63) is 59.7 Å². The van der Waals surface area contributed by atoms with Gasteiger partial charge in [0.2, 0.25) is 0 Å². The molecule has 128 valence electrons. The molecular formula is C16H11BrF5NO. The number of halogens is 6. The molecule has 0 amide bonds. The quantitative estimate of drug-likeness (QED) is 0.355. The van der Waals surface area contributed by atoms with E-state index < -0.39 is 22.3 Å². The van der Waals surface area contributed by atoms with Crippen molar-refractivity contribution in [2.24, 2.45) is 4.99 Å². The number of methoxy groups -OCH3 is 1. The van der Waals surface area contributed by atoms with E-state index in [-0.39, 0.29) is 11.3 Å². The van der Waals surface area contributed by atoms with Gasteiger partial charge >= 0.3 is 11.0 Å². The van der Waals surface area contributed by atoms with Crippen LogP contribution in [0.4, 0.5) is 27.6 Å². The normalized spacial score (nSPS) is 13.0. The summed E-state index contributed by atoms with van der Waals surface area (Å²) >= 11 is 2.21. The van der Waals surface area contributed by atoms with Crippen molar-refractivity contribution in [1.82, 2.24) is 0 Å². The molecule has 0 atom stereocenters. The highest BCUT2D eigenvalue weighted by atomic mass is 79.9. The van der Waals surface area contributed by atoms with Crippen LogP contribution in [-0.4, -0.2) is 17.7 Å². The standard InChI is InChI=1S/C16H11BrF5NO/c1-24-13-8-6-12(7-9-13)23-14(15(17,18)19)10-2-4-11(5-3-10)16(20,21)22/h2-9H,1H3. The first-order valence-corrected chi connectivity index (χ1v) is 7.38. The van der Waals surface area contributed by atoms with E-state index in [2.05, 4.69) is 20.9 Å². The van der Waals surface area contributed by atoms with Gasteiger partial charge in [-0.1, -0.05) is 12.1 Å². The third kappa shape index (κ3) is 4.53. The van der Waals surface area contributed by atoms with Crippen LogP contribution < -0.4 is 4.74 Å². The highest BCUT2D eigenvalue weighted by molar-refractivity contribution is 9.10. The van der Waals surface area contributed by atoms with Crippen LogP contribution in [-0.2, 0) is 6.18 Å². The van der Waals surface area contributed by atoms with Gasteiger partial charge in [-0.2, -0.15) is 22.0 Å². The predicted molar refractivity (Wildman–Crippen MR) is 84.5 cm³/mol. The maximum atomic E-state index is 13.8. The summed E-state index contributed by atoms with van der Waals surface area (Å²) in [5.41, 5.74) is -1.53. The van der Waals surface area contributed by atoms with Gasteiger partial charge in [-0.25, -0.2) is 4.99 Å². The maximum Gasteiger partial charge on any atom is 0.416 e. The van der Waals surface area contributed by atoms with E-state index in [1.807, 2.05) is 0 Å². The molecule has 0 heterocycles. The lowest BCUT2D eigenvalue weighted by molar-refractivity contribution is -0.137. The fourth-order valence-corrected chi connectivity index (χ4v) is 2.21. The Morgan fingerprint density at radius 2 is 1.46 bits per heavy atom. The first-order valence-electron chi connectivity index (χ1n) is 6.59. The summed E-state index contributed by atoms with van der Waals surface area (Å²) in [5, 5.41) is 0. The largest absolute Gasteiger partial charge is 0.497 e. The maximum absolute atomic E-state index is 13.8. The molecule has 0 aromatic heterocycles. The first kappa shape index (κ1) is 18.4. The number of rotatable bonds is 4. The minimum atomic E-state index is -4.54. The third-order valence-electron chi connectivity index (χ3n) is 3.07. The average molecular weight is 408 g/mol. The zero-order valence-electron chi connectivity index (χ0n) is 12.2. The lowest BCUT2D eigenvalue weighted by Gasteiger charge is -2.14. The molecule has 0 aliphatic heterocycles. The molecule has 0 fully saturated rings. The van der Waals surface area contributed by atoms with Gasteiger partial charge in [0, 0.05) is 5.56 Å². The molecule has 2 rings (SSSR count). The summed E-state index contributed by atoms with van der Waals surface area (Å²) in [6.45, 7) is 0. The third-order valence-corrected chi connectivity index (χ3v) is 3.44. The van der Waals surface area contributed by atoms with Crippen molar-refractivity contribution in [3.63, 3.8) is 0 Å². The van der Waals surface area contributed by atoms with Crippen molar-refractivity contribution >= 4 is 27.3 Å². The van der Waals surface area contributed by atoms with E-state index in [1.54, 1.807) is 0 Å². The molecule has 0 radical (unpaired) electrons. The summed E-state index contributed by atoms with van der Waals surface area (Å²) in [7, 11) is 1.46. The number of benzene rings is 2. The lowest BCUT2D eigenvalue weighted by Crippen LogP contribution is -2.22. The molecular weight excluding hydrogens is 397 g/mol. The predicted octanol–water partition coefficient (Wildman–Crippen LogP) is 5.82. The number of aliphatic imine (C=N–C) groups is 1. The Balaban J connectivity index is 2.43. The summed E-state index contributed by atoms with van der Waals surface area (Å²) in [6, 6.07) is 9.38. The van der Waals surface area contributed by atoms with Gasteiger partial charge in [-0.15, -0.1) is 0 Å². The first-order chi connectivity index (χ1) is 11.1. The number of nitrogens with zero attached hydrogens (tertiary/aromatic N) is 1. The van der Waals surface area contributed by atoms with Gasteiger partial charge < -0.3 is 4.74 Å². The number of ether oxygens (including phenoxy) is 1. The Morgan fingerprint density at radius 3 is 1.88 bits per heavy atom. The van der Waals surface area contributed by atoms with E-state index in [0.717, 1.165) is 24.3 Å². The van der Waals surface area contributed by atoms with Crippen LogP contribution >= 0.6 is 15.9 Å². The second-order valence-electron chi connectivity index (χ2n) is 4.73. The van der Waals surface area contributed by atoms with E-state index in [4.69, 9.17) is 4.74 Å². The molecule has 0 unspecified atom stereocenters. The zero-order valence-corrected chi connectivity index (χ0v) is 13.8. The lowest BCUT2D eigenvalue weighted by atomic mass is 10.1. The molecule has 0 saturated carbocycles. The van der Waals surface area contributed by atoms with Crippen molar-refractivity contribution in [1.29, 1.82) is 0 Å². The molecule has 2 aromatic rings. The average Bonchev–Trinajstić information content (AvgIpc) is 2.51. The van der Waals surface area contributed by atoms with E-state index in [9.17, 15) is 22.0 Å². The second kappa shape index (κ2) is 6.88. The van der Waals surface area contributed by atoms with Gasteiger partial charge in [0.25, 0.3) is 0 Å². The summed E-state index contributed by atoms with van der Waals surface area (Å²) in [4.78, 5) is 0.343. The molecule has 8 heteroatoms. The van der Waals surface area contributed by atoms with Crippen molar-refractivity contribution < 1.29 is 26.7 Å². The molecule has 0 N–H and O–H groups in total. The Hall–Kier alpha value is -1.96. The van der Waals surface area contributed by atoms with E-state index in [1.165, 1.54) is 31.4 Å².